The molecule has 0 aliphatic heterocycles. The van der Waals surface area contributed by atoms with Crippen LogP contribution in [0.25, 0.3) is 0 Å². The van der Waals surface area contributed by atoms with Gasteiger partial charge in [-0.3, -0.25) is 4.79 Å². The number of ether oxygens (including phenoxy) is 2. The molecule has 0 amide bonds. The van der Waals surface area contributed by atoms with Crippen LogP contribution >= 0.6 is 0 Å². The summed E-state index contributed by atoms with van der Waals surface area (Å²) in [5, 5.41) is 18.4. The molecule has 0 unspecified atom stereocenters. The lowest BCUT2D eigenvalue weighted by Gasteiger charge is -2.15. The van der Waals surface area contributed by atoms with E-state index in [1.807, 2.05) is 0 Å². The van der Waals surface area contributed by atoms with Gasteiger partial charge in [0.05, 0.1) is 19.8 Å². The van der Waals surface area contributed by atoms with E-state index in [2.05, 4.69) is 0 Å². The van der Waals surface area contributed by atoms with Gasteiger partial charge in [0.1, 0.15) is 23.3 Å². The highest BCUT2D eigenvalue weighted by atomic mass is 16.5. The average Bonchev–Trinajstić information content (AvgIpc) is 2.26. The van der Waals surface area contributed by atoms with Crippen LogP contribution in [0.2, 0.25) is 0 Å². The molecule has 0 spiro atoms. The number of phenols is 1. The number of carbonyl (C=O) groups is 1. The minimum atomic E-state index is -1.35. The predicted molar refractivity (Wildman–Crippen MR) is 55.8 cm³/mol. The molecule has 0 saturated carbocycles. The first-order valence-corrected chi connectivity index (χ1v) is 4.44. The Morgan fingerprint density at radius 2 is 2.00 bits per heavy atom. The average molecular weight is 227 g/mol. The number of phenolic OH excluding ortho intramolecular Hbond substituents is 1. The molecule has 0 aliphatic carbocycles. The number of hydrogen-bond donors (Lipinski definition) is 3. The lowest BCUT2D eigenvalue weighted by molar-refractivity contribution is -0.138. The predicted octanol–water partition coefficient (Wildman–Crippen LogP) is 0.494. The van der Waals surface area contributed by atoms with Crippen molar-refractivity contribution < 1.29 is 24.5 Å². The van der Waals surface area contributed by atoms with E-state index in [0.29, 0.717) is 5.75 Å². The van der Waals surface area contributed by atoms with Crippen molar-refractivity contribution in [2.75, 3.05) is 14.2 Å². The van der Waals surface area contributed by atoms with E-state index < -0.39 is 12.0 Å². The zero-order valence-electron chi connectivity index (χ0n) is 8.93. The standard InChI is InChI=1S/C10H13NO5/c1-15-5-3-6(12)8(7(4-5)16-2)9(11)10(13)14/h3-4,9,12H,11H2,1-2H3,(H,13,14)/t9-/m0/s1. The first-order chi connectivity index (χ1) is 7.51. The largest absolute Gasteiger partial charge is 0.507 e. The maximum atomic E-state index is 10.8. The Balaban J connectivity index is 3.31. The van der Waals surface area contributed by atoms with Gasteiger partial charge in [-0.2, -0.15) is 0 Å². The topological polar surface area (TPSA) is 102 Å². The van der Waals surface area contributed by atoms with Crippen LogP contribution in [0.5, 0.6) is 17.2 Å². The number of rotatable bonds is 4. The van der Waals surface area contributed by atoms with Gasteiger partial charge in [-0.05, 0) is 0 Å². The molecule has 0 heterocycles. The summed E-state index contributed by atoms with van der Waals surface area (Å²) >= 11 is 0. The first-order valence-electron chi connectivity index (χ1n) is 4.44. The number of carboxylic acids is 1. The highest BCUT2D eigenvalue weighted by Gasteiger charge is 2.23. The van der Waals surface area contributed by atoms with Crippen molar-refractivity contribution in [1.82, 2.24) is 0 Å². The van der Waals surface area contributed by atoms with Gasteiger partial charge in [-0.1, -0.05) is 0 Å². The summed E-state index contributed by atoms with van der Waals surface area (Å²) in [5.41, 5.74) is 5.45. The molecule has 16 heavy (non-hydrogen) atoms. The summed E-state index contributed by atoms with van der Waals surface area (Å²) in [4.78, 5) is 10.8. The van der Waals surface area contributed by atoms with E-state index in [0.717, 1.165) is 0 Å². The Morgan fingerprint density at radius 1 is 1.38 bits per heavy atom. The molecule has 0 bridgehead atoms. The third-order valence-electron chi connectivity index (χ3n) is 2.13. The van der Waals surface area contributed by atoms with Gasteiger partial charge in [0, 0.05) is 12.1 Å². The second kappa shape index (κ2) is 4.71. The molecule has 1 aromatic carbocycles. The number of carboxylic acid groups (broad SMARTS) is 1. The van der Waals surface area contributed by atoms with E-state index in [1.165, 1.54) is 26.4 Å². The third kappa shape index (κ3) is 2.17. The Bertz CT molecular complexity index is 404. The maximum Gasteiger partial charge on any atom is 0.325 e. The fourth-order valence-corrected chi connectivity index (χ4v) is 1.31. The van der Waals surface area contributed by atoms with E-state index in [9.17, 15) is 9.90 Å². The molecule has 6 nitrogen and oxygen atoms in total. The van der Waals surface area contributed by atoms with E-state index in [-0.39, 0.29) is 17.1 Å². The molecule has 1 atom stereocenters. The first kappa shape index (κ1) is 12.1. The van der Waals surface area contributed by atoms with Gasteiger partial charge in [0.25, 0.3) is 0 Å². The van der Waals surface area contributed by atoms with E-state index >= 15 is 0 Å². The SMILES string of the molecule is COc1cc(O)c([C@H](N)C(=O)O)c(OC)c1. The minimum absolute atomic E-state index is 0.0239. The molecular formula is C10H13NO5. The van der Waals surface area contributed by atoms with Crippen LogP contribution in [0.15, 0.2) is 12.1 Å². The fraction of sp³-hybridized carbons (Fsp3) is 0.300. The third-order valence-corrected chi connectivity index (χ3v) is 2.13. The zero-order chi connectivity index (χ0) is 12.3. The summed E-state index contributed by atoms with van der Waals surface area (Å²) in [7, 11) is 2.78. The highest BCUT2D eigenvalue weighted by molar-refractivity contribution is 5.78. The lowest BCUT2D eigenvalue weighted by atomic mass is 10.0. The molecule has 0 aromatic heterocycles. The second-order valence-electron chi connectivity index (χ2n) is 3.08. The van der Waals surface area contributed by atoms with Crippen LogP contribution in [-0.4, -0.2) is 30.4 Å². The number of aromatic hydroxyl groups is 1. The number of nitrogens with two attached hydrogens (primary N) is 1. The second-order valence-corrected chi connectivity index (χ2v) is 3.08. The van der Waals surface area contributed by atoms with Gasteiger partial charge in [0.15, 0.2) is 0 Å². The molecule has 1 aromatic rings. The van der Waals surface area contributed by atoms with Crippen molar-refractivity contribution >= 4 is 5.97 Å². The highest BCUT2D eigenvalue weighted by Crippen LogP contribution is 2.36. The van der Waals surface area contributed by atoms with Crippen molar-refractivity contribution in [2.24, 2.45) is 5.73 Å². The van der Waals surface area contributed by atoms with Crippen LogP contribution in [0, 0.1) is 0 Å². The fourth-order valence-electron chi connectivity index (χ4n) is 1.31. The normalized spacial score (nSPS) is 11.9. The van der Waals surface area contributed by atoms with Crippen LogP contribution in [0.4, 0.5) is 0 Å². The zero-order valence-corrected chi connectivity index (χ0v) is 8.93. The van der Waals surface area contributed by atoms with Crippen LogP contribution in [0.3, 0.4) is 0 Å². The van der Waals surface area contributed by atoms with Gasteiger partial charge < -0.3 is 25.4 Å². The van der Waals surface area contributed by atoms with Gasteiger partial charge in [-0.25, -0.2) is 0 Å². The number of methoxy groups -OCH3 is 2. The smallest absolute Gasteiger partial charge is 0.325 e. The van der Waals surface area contributed by atoms with Crippen molar-refractivity contribution in [3.63, 3.8) is 0 Å². The molecular weight excluding hydrogens is 214 g/mol. The van der Waals surface area contributed by atoms with Crippen molar-refractivity contribution in [3.05, 3.63) is 17.7 Å². The summed E-state index contributed by atoms with van der Waals surface area (Å²) in [6.45, 7) is 0. The van der Waals surface area contributed by atoms with Crippen molar-refractivity contribution in [3.8, 4) is 17.2 Å². The molecule has 0 fully saturated rings. The Kier molecular flexibility index (Phi) is 3.57. The van der Waals surface area contributed by atoms with E-state index in [1.54, 1.807) is 0 Å². The Morgan fingerprint density at radius 3 is 2.44 bits per heavy atom. The molecule has 4 N–H and O–H groups in total. The Labute approximate surface area is 92.2 Å². The molecule has 0 saturated heterocycles. The molecule has 1 rings (SSSR count). The van der Waals surface area contributed by atoms with Crippen LogP contribution < -0.4 is 15.2 Å². The van der Waals surface area contributed by atoms with Crippen LogP contribution in [0.1, 0.15) is 11.6 Å². The summed E-state index contributed by atoms with van der Waals surface area (Å²) in [6, 6.07) is 1.39. The maximum absolute atomic E-state index is 10.8. The monoisotopic (exact) mass is 227 g/mol. The molecule has 88 valence electrons. The van der Waals surface area contributed by atoms with E-state index in [4.69, 9.17) is 20.3 Å². The van der Waals surface area contributed by atoms with Gasteiger partial charge in [0.2, 0.25) is 0 Å². The summed E-state index contributed by atoms with van der Waals surface area (Å²) in [5.74, 6) is -0.993. The molecule has 0 aliphatic rings. The number of benzene rings is 1. The summed E-state index contributed by atoms with van der Waals surface area (Å²) in [6.07, 6.45) is 0. The van der Waals surface area contributed by atoms with Gasteiger partial charge in [-0.15, -0.1) is 0 Å². The Hall–Kier alpha value is -1.95. The summed E-state index contributed by atoms with van der Waals surface area (Å²) < 4.78 is 9.86. The van der Waals surface area contributed by atoms with Crippen LogP contribution in [-0.2, 0) is 4.79 Å². The number of hydrogen-bond acceptors (Lipinski definition) is 5. The molecule has 0 radical (unpaired) electrons. The van der Waals surface area contributed by atoms with Gasteiger partial charge >= 0.3 is 5.97 Å². The number of aliphatic carboxylic acids is 1. The van der Waals surface area contributed by atoms with Crippen molar-refractivity contribution in [1.29, 1.82) is 0 Å². The molecule has 6 heteroatoms. The quantitative estimate of drug-likeness (QED) is 0.692. The lowest BCUT2D eigenvalue weighted by Crippen LogP contribution is -2.21. The van der Waals surface area contributed by atoms with Crippen molar-refractivity contribution in [2.45, 2.75) is 6.04 Å². The minimum Gasteiger partial charge on any atom is -0.507 e.